The lowest BCUT2D eigenvalue weighted by Gasteiger charge is -2.23. The predicted molar refractivity (Wildman–Crippen MR) is 79.7 cm³/mol. The van der Waals surface area contributed by atoms with Crippen LogP contribution < -0.4 is 5.32 Å². The summed E-state index contributed by atoms with van der Waals surface area (Å²) in [5.74, 6) is -0.0508. The third-order valence-corrected chi connectivity index (χ3v) is 3.65. The molecule has 2 N–H and O–H groups in total. The number of aromatic amines is 1. The molecule has 104 valence electrons. The zero-order valence-corrected chi connectivity index (χ0v) is 12.5. The average molecular weight is 288 g/mol. The minimum Gasteiger partial charge on any atom is -0.359 e. The normalized spacial score (nSPS) is 11.3. The van der Waals surface area contributed by atoms with Gasteiger partial charge in [0.25, 0.3) is 0 Å². The molecule has 0 saturated carbocycles. The maximum absolute atomic E-state index is 11.9. The molecule has 0 aliphatic heterocycles. The van der Waals surface area contributed by atoms with Crippen LogP contribution in [-0.2, 0) is 11.3 Å². The summed E-state index contributed by atoms with van der Waals surface area (Å²) in [6, 6.07) is 7.58. The molecule has 1 heterocycles. The third kappa shape index (κ3) is 2.32. The van der Waals surface area contributed by atoms with Crippen LogP contribution in [0.1, 0.15) is 19.4 Å². The van der Waals surface area contributed by atoms with Gasteiger partial charge in [0.15, 0.2) is 4.77 Å². The Morgan fingerprint density at radius 1 is 1.55 bits per heavy atom. The second-order valence-electron chi connectivity index (χ2n) is 5.29. The molecule has 0 aliphatic rings. The number of hydrogen-bond donors (Lipinski definition) is 2. The minimum atomic E-state index is -0.593. The molecule has 0 unspecified atom stereocenters. The van der Waals surface area contributed by atoms with E-state index in [2.05, 4.69) is 16.4 Å². The highest BCUT2D eigenvalue weighted by Crippen LogP contribution is 2.24. The number of imidazole rings is 1. The van der Waals surface area contributed by atoms with Crippen LogP contribution >= 0.6 is 12.2 Å². The Morgan fingerprint density at radius 2 is 2.25 bits per heavy atom. The van der Waals surface area contributed by atoms with Gasteiger partial charge < -0.3 is 14.9 Å². The molecule has 0 atom stereocenters. The summed E-state index contributed by atoms with van der Waals surface area (Å²) in [7, 11) is 1.62. The second kappa shape index (κ2) is 5.10. The molecule has 0 spiro atoms. The van der Waals surface area contributed by atoms with Gasteiger partial charge in [0.1, 0.15) is 6.07 Å². The molecule has 20 heavy (non-hydrogen) atoms. The first-order chi connectivity index (χ1) is 9.40. The number of para-hydroxylation sites is 1. The van der Waals surface area contributed by atoms with Gasteiger partial charge in [-0.15, -0.1) is 0 Å². The van der Waals surface area contributed by atoms with E-state index in [1.54, 1.807) is 13.1 Å². The fraction of sp³-hybridized carbons (Fsp3) is 0.357. The third-order valence-electron chi connectivity index (χ3n) is 3.33. The summed E-state index contributed by atoms with van der Waals surface area (Å²) in [5, 5.41) is 11.8. The van der Waals surface area contributed by atoms with Gasteiger partial charge in [-0.05, 0) is 38.2 Å². The maximum Gasteiger partial charge on any atom is 0.227 e. The van der Waals surface area contributed by atoms with Crippen molar-refractivity contribution in [1.82, 2.24) is 14.9 Å². The minimum absolute atomic E-state index is 0.0508. The lowest BCUT2D eigenvalue weighted by molar-refractivity contribution is -0.129. The number of carbonyl (C=O) groups is 1. The summed E-state index contributed by atoms with van der Waals surface area (Å²) in [6.07, 6.45) is 0. The van der Waals surface area contributed by atoms with Gasteiger partial charge in [0.05, 0.1) is 22.0 Å². The maximum atomic E-state index is 11.9. The van der Waals surface area contributed by atoms with E-state index in [1.165, 1.54) is 0 Å². The molecular weight excluding hydrogens is 272 g/mol. The Labute approximate surface area is 122 Å². The lowest BCUT2D eigenvalue weighted by Crippen LogP contribution is -2.37. The summed E-state index contributed by atoms with van der Waals surface area (Å²) >= 11 is 5.32. The molecule has 1 amide bonds. The standard InChI is InChI=1S/C14H16N4OS/c1-14(2,12(19)16-3)8-18-10-6-4-5-9(7-15)11(10)17-13(18)20/h4-6H,8H2,1-3H3,(H,16,19)(H,17,20). The SMILES string of the molecule is CNC(=O)C(C)(C)Cn1c(=S)[nH]c2c(C#N)cccc21. The molecule has 2 rings (SSSR count). The highest BCUT2D eigenvalue weighted by molar-refractivity contribution is 7.71. The van der Waals surface area contributed by atoms with Crippen molar-refractivity contribution < 1.29 is 4.79 Å². The predicted octanol–water partition coefficient (Wildman–Crippen LogP) is 2.34. The number of hydrogen-bond acceptors (Lipinski definition) is 3. The van der Waals surface area contributed by atoms with Crippen LogP contribution in [0.3, 0.4) is 0 Å². The molecule has 2 aromatic rings. The van der Waals surface area contributed by atoms with E-state index in [1.807, 2.05) is 30.5 Å². The van der Waals surface area contributed by atoms with Crippen LogP contribution in [0.4, 0.5) is 0 Å². The van der Waals surface area contributed by atoms with E-state index >= 15 is 0 Å². The van der Waals surface area contributed by atoms with E-state index < -0.39 is 5.41 Å². The molecule has 1 aromatic carbocycles. The van der Waals surface area contributed by atoms with E-state index in [4.69, 9.17) is 17.5 Å². The van der Waals surface area contributed by atoms with E-state index in [9.17, 15) is 4.79 Å². The van der Waals surface area contributed by atoms with E-state index in [0.29, 0.717) is 22.4 Å². The van der Waals surface area contributed by atoms with Crippen molar-refractivity contribution >= 4 is 29.2 Å². The molecule has 0 bridgehead atoms. The van der Waals surface area contributed by atoms with Gasteiger partial charge >= 0.3 is 0 Å². The monoisotopic (exact) mass is 288 g/mol. The number of benzene rings is 1. The summed E-state index contributed by atoms with van der Waals surface area (Å²) in [4.78, 5) is 15.0. The van der Waals surface area contributed by atoms with Gasteiger partial charge in [0, 0.05) is 13.6 Å². The number of carbonyl (C=O) groups excluding carboxylic acids is 1. The Hall–Kier alpha value is -2.13. The molecule has 0 aliphatic carbocycles. The van der Waals surface area contributed by atoms with Crippen molar-refractivity contribution in [2.75, 3.05) is 7.05 Å². The number of H-pyrrole nitrogens is 1. The topological polar surface area (TPSA) is 73.6 Å². The van der Waals surface area contributed by atoms with Gasteiger partial charge in [-0.3, -0.25) is 4.79 Å². The zero-order chi connectivity index (χ0) is 14.9. The first kappa shape index (κ1) is 14.3. The highest BCUT2D eigenvalue weighted by Gasteiger charge is 2.28. The summed E-state index contributed by atoms with van der Waals surface area (Å²) in [5.41, 5.74) is 1.51. The van der Waals surface area contributed by atoms with Crippen LogP contribution in [0.5, 0.6) is 0 Å². The number of nitrogens with zero attached hydrogens (tertiary/aromatic N) is 2. The van der Waals surface area contributed by atoms with Crippen LogP contribution in [0.15, 0.2) is 18.2 Å². The summed E-state index contributed by atoms with van der Waals surface area (Å²) in [6.45, 7) is 4.17. The fourth-order valence-electron chi connectivity index (χ4n) is 2.24. The number of amides is 1. The van der Waals surface area contributed by atoms with Crippen molar-refractivity contribution in [3.05, 3.63) is 28.5 Å². The number of rotatable bonds is 3. The number of nitriles is 1. The Kier molecular flexibility index (Phi) is 3.64. The fourth-order valence-corrected chi connectivity index (χ4v) is 2.50. The molecule has 0 saturated heterocycles. The van der Waals surface area contributed by atoms with E-state index in [0.717, 1.165) is 5.52 Å². The summed E-state index contributed by atoms with van der Waals surface area (Å²) < 4.78 is 2.38. The second-order valence-corrected chi connectivity index (χ2v) is 5.68. The zero-order valence-electron chi connectivity index (χ0n) is 11.7. The molecule has 0 fully saturated rings. The first-order valence-corrected chi connectivity index (χ1v) is 6.65. The van der Waals surface area contributed by atoms with Crippen molar-refractivity contribution in [1.29, 1.82) is 5.26 Å². The van der Waals surface area contributed by atoms with E-state index in [-0.39, 0.29) is 5.91 Å². The van der Waals surface area contributed by atoms with Crippen molar-refractivity contribution in [3.63, 3.8) is 0 Å². The molecule has 5 nitrogen and oxygen atoms in total. The van der Waals surface area contributed by atoms with Gasteiger partial charge in [0.2, 0.25) is 5.91 Å². The van der Waals surface area contributed by atoms with Gasteiger partial charge in [-0.1, -0.05) is 6.07 Å². The Balaban J connectivity index is 2.57. The first-order valence-electron chi connectivity index (χ1n) is 6.24. The molecular formula is C14H16N4OS. The van der Waals surface area contributed by atoms with Gasteiger partial charge in [-0.2, -0.15) is 5.26 Å². The smallest absolute Gasteiger partial charge is 0.227 e. The average Bonchev–Trinajstić information content (AvgIpc) is 2.73. The van der Waals surface area contributed by atoms with Gasteiger partial charge in [-0.25, -0.2) is 0 Å². The molecule has 6 heteroatoms. The number of nitrogens with one attached hydrogen (secondary N) is 2. The number of fused-ring (bicyclic) bond motifs is 1. The van der Waals surface area contributed by atoms with Crippen molar-refractivity contribution in [2.24, 2.45) is 5.41 Å². The van der Waals surface area contributed by atoms with Crippen LogP contribution in [0.2, 0.25) is 0 Å². The quantitative estimate of drug-likeness (QED) is 0.851. The Morgan fingerprint density at radius 3 is 2.85 bits per heavy atom. The van der Waals surface area contributed by atoms with Crippen LogP contribution in [-0.4, -0.2) is 22.5 Å². The molecule has 1 aromatic heterocycles. The Bertz CT molecular complexity index is 764. The highest BCUT2D eigenvalue weighted by atomic mass is 32.1. The largest absolute Gasteiger partial charge is 0.359 e. The van der Waals surface area contributed by atoms with Crippen LogP contribution in [0, 0.1) is 21.5 Å². The molecule has 0 radical (unpaired) electrons. The van der Waals surface area contributed by atoms with Crippen molar-refractivity contribution in [2.45, 2.75) is 20.4 Å². The van der Waals surface area contributed by atoms with Crippen molar-refractivity contribution in [3.8, 4) is 6.07 Å². The lowest BCUT2D eigenvalue weighted by atomic mass is 9.92. The van der Waals surface area contributed by atoms with Crippen LogP contribution in [0.25, 0.3) is 11.0 Å². The number of aromatic nitrogens is 2.